The smallest absolute Gasteiger partial charge is 0.331 e. The molecule has 1 heterocycles. The molecule has 0 unspecified atom stereocenters. The highest BCUT2D eigenvalue weighted by atomic mass is 16.6. The number of carboxylic acids is 1. The van der Waals surface area contributed by atoms with Gasteiger partial charge in [0.2, 0.25) is 0 Å². The zero-order valence-corrected chi connectivity index (χ0v) is 11.2. The molecule has 20 heavy (non-hydrogen) atoms. The molecule has 0 saturated heterocycles. The minimum absolute atomic E-state index is 0.0139. The van der Waals surface area contributed by atoms with Gasteiger partial charge >= 0.3 is 5.97 Å². The molecule has 0 radical (unpaired) electrons. The number of rotatable bonds is 3. The van der Waals surface area contributed by atoms with E-state index in [1.165, 1.54) is 13.8 Å². The van der Waals surface area contributed by atoms with Gasteiger partial charge in [0.05, 0.1) is 0 Å². The zero-order chi connectivity index (χ0) is 14.7. The van der Waals surface area contributed by atoms with E-state index < -0.39 is 11.9 Å². The van der Waals surface area contributed by atoms with Crippen LogP contribution in [0, 0.1) is 0 Å². The lowest BCUT2D eigenvalue weighted by Crippen LogP contribution is -2.18. The summed E-state index contributed by atoms with van der Waals surface area (Å²) in [7, 11) is 0. The topological polar surface area (TPSA) is 84.9 Å². The number of carboxylic acid groups (broad SMARTS) is 1. The number of anilines is 1. The van der Waals surface area contributed by atoms with E-state index in [9.17, 15) is 9.59 Å². The summed E-state index contributed by atoms with van der Waals surface area (Å²) in [6.45, 7) is 3.82. The number of amides is 1. The maximum Gasteiger partial charge on any atom is 0.331 e. The third kappa shape index (κ3) is 2.90. The van der Waals surface area contributed by atoms with Crippen molar-refractivity contribution in [3.05, 3.63) is 29.3 Å². The Hall–Kier alpha value is -2.50. The van der Waals surface area contributed by atoms with E-state index in [1.807, 2.05) is 0 Å². The van der Waals surface area contributed by atoms with Gasteiger partial charge in [-0.15, -0.1) is 0 Å². The van der Waals surface area contributed by atoms with Crippen LogP contribution in [0.3, 0.4) is 0 Å². The normalized spacial score (nSPS) is 14.3. The minimum atomic E-state index is -1.11. The van der Waals surface area contributed by atoms with Crippen LogP contribution in [-0.2, 0) is 9.59 Å². The van der Waals surface area contributed by atoms with Crippen molar-refractivity contribution in [2.45, 2.75) is 13.8 Å². The standard InChI is InChI=1S/C14H15NO5/c1-8(9(2)14(17)18)13(16)15-10-3-4-11-12(7-10)20-6-5-19-11/h3-4,7H,5-6H2,1-2H3,(H,15,16)(H,17,18). The van der Waals surface area contributed by atoms with Gasteiger partial charge in [0, 0.05) is 22.9 Å². The molecule has 1 amide bonds. The lowest BCUT2D eigenvalue weighted by Gasteiger charge is -2.19. The molecule has 0 aromatic heterocycles. The summed E-state index contributed by atoms with van der Waals surface area (Å²) >= 11 is 0. The molecule has 2 N–H and O–H groups in total. The van der Waals surface area contributed by atoms with E-state index in [4.69, 9.17) is 14.6 Å². The summed E-state index contributed by atoms with van der Waals surface area (Å²) < 4.78 is 10.8. The van der Waals surface area contributed by atoms with Gasteiger partial charge in [0.15, 0.2) is 11.5 Å². The van der Waals surface area contributed by atoms with E-state index >= 15 is 0 Å². The largest absolute Gasteiger partial charge is 0.486 e. The molecular weight excluding hydrogens is 262 g/mol. The summed E-state index contributed by atoms with van der Waals surface area (Å²) in [5, 5.41) is 11.5. The lowest BCUT2D eigenvalue weighted by atomic mass is 10.1. The van der Waals surface area contributed by atoms with Crippen LogP contribution >= 0.6 is 0 Å². The van der Waals surface area contributed by atoms with E-state index in [-0.39, 0.29) is 11.1 Å². The number of carbonyl (C=O) groups is 2. The van der Waals surface area contributed by atoms with Crippen molar-refractivity contribution in [2.75, 3.05) is 18.5 Å². The predicted octanol–water partition coefficient (Wildman–Crippen LogP) is 1.82. The van der Waals surface area contributed by atoms with Gasteiger partial charge in [0.25, 0.3) is 5.91 Å². The predicted molar refractivity (Wildman–Crippen MR) is 72.1 cm³/mol. The van der Waals surface area contributed by atoms with Crippen molar-refractivity contribution in [3.63, 3.8) is 0 Å². The van der Waals surface area contributed by atoms with Crippen molar-refractivity contribution in [3.8, 4) is 11.5 Å². The Labute approximate surface area is 116 Å². The second-order valence-corrected chi connectivity index (χ2v) is 4.37. The summed E-state index contributed by atoms with van der Waals surface area (Å²) in [6.07, 6.45) is 0. The third-order valence-electron chi connectivity index (χ3n) is 3.02. The summed E-state index contributed by atoms with van der Waals surface area (Å²) in [6, 6.07) is 5.03. The Balaban J connectivity index is 2.16. The number of nitrogens with one attached hydrogen (secondary N) is 1. The van der Waals surface area contributed by atoms with Gasteiger partial charge in [0.1, 0.15) is 13.2 Å². The van der Waals surface area contributed by atoms with Crippen LogP contribution in [0.4, 0.5) is 5.69 Å². The molecule has 6 heteroatoms. The van der Waals surface area contributed by atoms with Crippen molar-refractivity contribution in [2.24, 2.45) is 0 Å². The van der Waals surface area contributed by atoms with Crippen molar-refractivity contribution in [1.82, 2.24) is 0 Å². The monoisotopic (exact) mass is 277 g/mol. The first kappa shape index (κ1) is 13.9. The van der Waals surface area contributed by atoms with E-state index in [0.29, 0.717) is 30.4 Å². The maximum absolute atomic E-state index is 11.9. The minimum Gasteiger partial charge on any atom is -0.486 e. The molecule has 2 rings (SSSR count). The average Bonchev–Trinajstić information content (AvgIpc) is 2.45. The molecule has 0 aliphatic carbocycles. The first-order valence-corrected chi connectivity index (χ1v) is 6.11. The fourth-order valence-electron chi connectivity index (χ4n) is 1.68. The lowest BCUT2D eigenvalue weighted by molar-refractivity contribution is -0.133. The van der Waals surface area contributed by atoms with Crippen LogP contribution in [0.25, 0.3) is 0 Å². The molecule has 1 aromatic rings. The number of fused-ring (bicyclic) bond motifs is 1. The number of carbonyl (C=O) groups excluding carboxylic acids is 1. The van der Waals surface area contributed by atoms with Crippen LogP contribution in [0.5, 0.6) is 11.5 Å². The molecule has 1 aliphatic rings. The van der Waals surface area contributed by atoms with Crippen LogP contribution < -0.4 is 14.8 Å². The van der Waals surface area contributed by atoms with Gasteiger partial charge < -0.3 is 19.9 Å². The maximum atomic E-state index is 11.9. The van der Waals surface area contributed by atoms with Gasteiger partial charge in [-0.25, -0.2) is 4.79 Å². The number of aliphatic carboxylic acids is 1. The van der Waals surface area contributed by atoms with Crippen molar-refractivity contribution in [1.29, 1.82) is 0 Å². The van der Waals surface area contributed by atoms with Crippen molar-refractivity contribution >= 4 is 17.6 Å². The van der Waals surface area contributed by atoms with Crippen LogP contribution in [0.2, 0.25) is 0 Å². The molecule has 0 saturated carbocycles. The number of hydrogen-bond donors (Lipinski definition) is 2. The highest BCUT2D eigenvalue weighted by Gasteiger charge is 2.15. The fraction of sp³-hybridized carbons (Fsp3) is 0.286. The molecule has 6 nitrogen and oxygen atoms in total. The Morgan fingerprint density at radius 1 is 1.10 bits per heavy atom. The molecule has 106 valence electrons. The zero-order valence-electron chi connectivity index (χ0n) is 11.2. The van der Waals surface area contributed by atoms with Crippen LogP contribution in [0.1, 0.15) is 13.8 Å². The highest BCUT2D eigenvalue weighted by molar-refractivity contribution is 6.08. The Kier molecular flexibility index (Phi) is 3.93. The van der Waals surface area contributed by atoms with Gasteiger partial charge in [-0.05, 0) is 26.0 Å². The fourth-order valence-corrected chi connectivity index (χ4v) is 1.68. The Bertz CT molecular complexity index is 591. The van der Waals surface area contributed by atoms with E-state index in [0.717, 1.165) is 0 Å². The average molecular weight is 277 g/mol. The molecule has 1 aliphatic heterocycles. The summed E-state index contributed by atoms with van der Waals surface area (Å²) in [4.78, 5) is 22.7. The molecule has 0 bridgehead atoms. The SMILES string of the molecule is CC(C(=O)O)=C(C)C(=O)Nc1ccc2c(c1)OCCO2. The summed E-state index contributed by atoms with van der Waals surface area (Å²) in [5.74, 6) is -0.379. The van der Waals surface area contributed by atoms with E-state index in [2.05, 4.69) is 5.32 Å². The van der Waals surface area contributed by atoms with Crippen molar-refractivity contribution < 1.29 is 24.2 Å². The third-order valence-corrected chi connectivity index (χ3v) is 3.02. The first-order chi connectivity index (χ1) is 9.49. The van der Waals surface area contributed by atoms with E-state index in [1.54, 1.807) is 18.2 Å². The second-order valence-electron chi connectivity index (χ2n) is 4.37. The number of benzene rings is 1. The first-order valence-electron chi connectivity index (χ1n) is 6.11. The van der Waals surface area contributed by atoms with Gasteiger partial charge in [-0.3, -0.25) is 4.79 Å². The molecule has 0 atom stereocenters. The van der Waals surface area contributed by atoms with Gasteiger partial charge in [-0.2, -0.15) is 0 Å². The quantitative estimate of drug-likeness (QED) is 0.823. The molecule has 1 aromatic carbocycles. The van der Waals surface area contributed by atoms with Crippen LogP contribution in [0.15, 0.2) is 29.3 Å². The van der Waals surface area contributed by atoms with Crippen LogP contribution in [-0.4, -0.2) is 30.2 Å². The highest BCUT2D eigenvalue weighted by Crippen LogP contribution is 2.32. The second kappa shape index (κ2) is 5.64. The Morgan fingerprint density at radius 3 is 2.40 bits per heavy atom. The Morgan fingerprint density at radius 2 is 1.75 bits per heavy atom. The van der Waals surface area contributed by atoms with Gasteiger partial charge in [-0.1, -0.05) is 0 Å². The number of hydrogen-bond acceptors (Lipinski definition) is 4. The molecular formula is C14H15NO5. The molecule has 0 spiro atoms. The molecule has 0 fully saturated rings. The number of ether oxygens (including phenoxy) is 2. The summed E-state index contributed by atoms with van der Waals surface area (Å²) in [5.41, 5.74) is 0.698.